The third kappa shape index (κ3) is 3.54. The van der Waals surface area contributed by atoms with Gasteiger partial charge in [0.15, 0.2) is 0 Å². The number of carboxylic acid groups (broad SMARTS) is 1. The summed E-state index contributed by atoms with van der Waals surface area (Å²) in [6, 6.07) is 9.56. The molecular formula is C17H20O2S. The monoisotopic (exact) mass is 288 g/mol. The molecule has 0 aliphatic heterocycles. The summed E-state index contributed by atoms with van der Waals surface area (Å²) in [7, 11) is 0. The number of carboxylic acids is 1. The molecule has 0 atom stereocenters. The minimum absolute atomic E-state index is 0.132. The maximum atomic E-state index is 11.6. The molecule has 0 unspecified atom stereocenters. The van der Waals surface area contributed by atoms with Gasteiger partial charge in [0.1, 0.15) is 0 Å². The fourth-order valence-corrected chi connectivity index (χ4v) is 2.83. The van der Waals surface area contributed by atoms with Crippen LogP contribution < -0.4 is 0 Å². The molecule has 106 valence electrons. The summed E-state index contributed by atoms with van der Waals surface area (Å²) < 4.78 is 0. The van der Waals surface area contributed by atoms with Gasteiger partial charge in [-0.1, -0.05) is 44.2 Å². The van der Waals surface area contributed by atoms with E-state index >= 15 is 0 Å². The molecule has 0 amide bonds. The van der Waals surface area contributed by atoms with Crippen molar-refractivity contribution in [1.82, 2.24) is 0 Å². The molecule has 0 bridgehead atoms. The summed E-state index contributed by atoms with van der Waals surface area (Å²) in [5, 5.41) is 9.54. The number of hydrogen-bond donors (Lipinski definition) is 2. The van der Waals surface area contributed by atoms with E-state index < -0.39 is 5.97 Å². The molecule has 0 spiro atoms. The third-order valence-electron chi connectivity index (χ3n) is 3.71. The zero-order valence-corrected chi connectivity index (χ0v) is 12.8. The highest BCUT2D eigenvalue weighted by molar-refractivity contribution is 7.84. The highest BCUT2D eigenvalue weighted by atomic mass is 32.1. The maximum absolute atomic E-state index is 11.6. The molecular weight excluding hydrogens is 268 g/mol. The molecule has 20 heavy (non-hydrogen) atoms. The van der Waals surface area contributed by atoms with Gasteiger partial charge in [-0.25, -0.2) is 4.79 Å². The number of thiol groups is 1. The van der Waals surface area contributed by atoms with Gasteiger partial charge in [0.25, 0.3) is 0 Å². The normalized spacial score (nSPS) is 19.1. The summed E-state index contributed by atoms with van der Waals surface area (Å²) >= 11 is 4.51. The second-order valence-electron chi connectivity index (χ2n) is 6.04. The zero-order valence-electron chi connectivity index (χ0n) is 11.9. The Morgan fingerprint density at radius 1 is 1.30 bits per heavy atom. The molecule has 0 fully saturated rings. The van der Waals surface area contributed by atoms with E-state index in [9.17, 15) is 9.90 Å². The van der Waals surface area contributed by atoms with Gasteiger partial charge in [0.05, 0.1) is 5.57 Å². The van der Waals surface area contributed by atoms with Crippen LogP contribution in [0.2, 0.25) is 0 Å². The van der Waals surface area contributed by atoms with Gasteiger partial charge in [0.2, 0.25) is 0 Å². The van der Waals surface area contributed by atoms with E-state index in [-0.39, 0.29) is 5.41 Å². The quantitative estimate of drug-likeness (QED) is 0.632. The molecule has 0 saturated carbocycles. The van der Waals surface area contributed by atoms with Gasteiger partial charge >= 0.3 is 5.97 Å². The Balaban J connectivity index is 2.44. The molecule has 2 rings (SSSR count). The lowest BCUT2D eigenvalue weighted by atomic mass is 9.75. The van der Waals surface area contributed by atoms with Crippen LogP contribution in [-0.2, 0) is 4.79 Å². The van der Waals surface area contributed by atoms with Crippen molar-refractivity contribution in [1.29, 1.82) is 0 Å². The van der Waals surface area contributed by atoms with Crippen LogP contribution in [0.5, 0.6) is 0 Å². The van der Waals surface area contributed by atoms with Crippen LogP contribution in [0.3, 0.4) is 0 Å². The first-order chi connectivity index (χ1) is 9.39. The molecule has 1 N–H and O–H groups in total. The fourth-order valence-electron chi connectivity index (χ4n) is 2.52. The fraction of sp³-hybridized carbons (Fsp3) is 0.353. The van der Waals surface area contributed by atoms with Gasteiger partial charge < -0.3 is 5.11 Å². The van der Waals surface area contributed by atoms with Gasteiger partial charge in [0, 0.05) is 0 Å². The highest BCUT2D eigenvalue weighted by Crippen LogP contribution is 2.42. The molecule has 0 radical (unpaired) electrons. The number of benzene rings is 1. The Morgan fingerprint density at radius 2 is 1.95 bits per heavy atom. The lowest BCUT2D eigenvalue weighted by Gasteiger charge is -2.32. The average Bonchev–Trinajstić information content (AvgIpc) is 2.40. The van der Waals surface area contributed by atoms with Crippen molar-refractivity contribution in [3.8, 4) is 0 Å². The average molecular weight is 288 g/mol. The third-order valence-corrected chi connectivity index (χ3v) is 4.20. The van der Waals surface area contributed by atoms with E-state index in [1.807, 2.05) is 30.3 Å². The minimum Gasteiger partial charge on any atom is -0.478 e. The molecule has 3 heteroatoms. The van der Waals surface area contributed by atoms with Crippen LogP contribution in [0.4, 0.5) is 0 Å². The first-order valence-corrected chi connectivity index (χ1v) is 7.25. The van der Waals surface area contributed by atoms with Crippen molar-refractivity contribution in [3.05, 3.63) is 51.9 Å². The van der Waals surface area contributed by atoms with E-state index in [1.54, 1.807) is 6.08 Å². The zero-order chi connectivity index (χ0) is 14.8. The van der Waals surface area contributed by atoms with Crippen molar-refractivity contribution in [2.24, 2.45) is 5.41 Å². The summed E-state index contributed by atoms with van der Waals surface area (Å²) in [6.45, 7) is 4.35. The lowest BCUT2D eigenvalue weighted by molar-refractivity contribution is -0.132. The second kappa shape index (κ2) is 5.88. The molecule has 2 nitrogen and oxygen atoms in total. The number of aliphatic carboxylic acids is 1. The van der Waals surface area contributed by atoms with E-state index in [4.69, 9.17) is 0 Å². The molecule has 1 aliphatic carbocycles. The van der Waals surface area contributed by atoms with Crippen LogP contribution in [0.15, 0.2) is 46.4 Å². The molecule has 0 aromatic heterocycles. The largest absolute Gasteiger partial charge is 0.478 e. The standard InChI is InChI=1S/C17H20O2S/c1-17(2)9-8-15(20)14(11-17)13(16(18)19)10-12-6-4-3-5-7-12/h3-7,10,20H,8-9,11H2,1-2H3,(H,18,19)/b13-10-. The molecule has 1 aliphatic rings. The summed E-state index contributed by atoms with van der Waals surface area (Å²) in [5.74, 6) is -0.881. The summed E-state index contributed by atoms with van der Waals surface area (Å²) in [6.07, 6.45) is 4.41. The topological polar surface area (TPSA) is 37.3 Å². The van der Waals surface area contributed by atoms with Crippen LogP contribution in [-0.4, -0.2) is 11.1 Å². The summed E-state index contributed by atoms with van der Waals surface area (Å²) in [5.41, 5.74) is 2.28. The van der Waals surface area contributed by atoms with Crippen molar-refractivity contribution in [2.75, 3.05) is 0 Å². The smallest absolute Gasteiger partial charge is 0.336 e. The number of allylic oxidation sites excluding steroid dienone is 1. The van der Waals surface area contributed by atoms with Crippen LogP contribution >= 0.6 is 12.6 Å². The number of carbonyl (C=O) groups is 1. The van der Waals surface area contributed by atoms with Crippen LogP contribution in [0.25, 0.3) is 6.08 Å². The summed E-state index contributed by atoms with van der Waals surface area (Å²) in [4.78, 5) is 12.5. The Hall–Kier alpha value is -1.48. The molecule has 1 aromatic carbocycles. The van der Waals surface area contributed by atoms with Gasteiger partial charge in [-0.3, -0.25) is 0 Å². The predicted molar refractivity (Wildman–Crippen MR) is 85.7 cm³/mol. The Labute approximate surface area is 125 Å². The maximum Gasteiger partial charge on any atom is 0.336 e. The van der Waals surface area contributed by atoms with Crippen LogP contribution in [0.1, 0.15) is 38.7 Å². The SMILES string of the molecule is CC1(C)CCC(S)=C(/C(=C/c2ccccc2)C(=O)O)C1. The minimum atomic E-state index is -0.881. The first-order valence-electron chi connectivity index (χ1n) is 6.80. The van der Waals surface area contributed by atoms with Gasteiger partial charge in [-0.15, -0.1) is 12.6 Å². The predicted octanol–water partition coefficient (Wildman–Crippen LogP) is 4.55. The van der Waals surface area contributed by atoms with E-state index in [0.717, 1.165) is 35.3 Å². The van der Waals surface area contributed by atoms with E-state index in [0.29, 0.717) is 5.57 Å². The Morgan fingerprint density at radius 3 is 2.55 bits per heavy atom. The lowest BCUT2D eigenvalue weighted by Crippen LogP contribution is -2.20. The Bertz CT molecular complexity index is 568. The van der Waals surface area contributed by atoms with Crippen molar-refractivity contribution < 1.29 is 9.90 Å². The van der Waals surface area contributed by atoms with E-state index in [2.05, 4.69) is 26.5 Å². The van der Waals surface area contributed by atoms with Crippen LogP contribution in [0, 0.1) is 5.41 Å². The first kappa shape index (κ1) is 14.9. The number of hydrogen-bond acceptors (Lipinski definition) is 2. The van der Waals surface area contributed by atoms with Crippen molar-refractivity contribution in [2.45, 2.75) is 33.1 Å². The number of rotatable bonds is 3. The highest BCUT2D eigenvalue weighted by Gasteiger charge is 2.29. The molecule has 0 heterocycles. The van der Waals surface area contributed by atoms with E-state index in [1.165, 1.54) is 0 Å². The van der Waals surface area contributed by atoms with Gasteiger partial charge in [-0.05, 0) is 46.8 Å². The van der Waals surface area contributed by atoms with Crippen molar-refractivity contribution >= 4 is 24.7 Å². The molecule has 0 saturated heterocycles. The molecule has 1 aromatic rings. The second-order valence-corrected chi connectivity index (χ2v) is 6.58. The van der Waals surface area contributed by atoms with Gasteiger partial charge in [-0.2, -0.15) is 0 Å². The van der Waals surface area contributed by atoms with Crippen molar-refractivity contribution in [3.63, 3.8) is 0 Å². The Kier molecular flexibility index (Phi) is 4.39.